The van der Waals surface area contributed by atoms with E-state index in [2.05, 4.69) is 68.1 Å². The van der Waals surface area contributed by atoms with Crippen molar-refractivity contribution in [3.05, 3.63) is 70.8 Å². The van der Waals surface area contributed by atoms with Gasteiger partial charge in [0, 0.05) is 16.7 Å². The highest BCUT2D eigenvalue weighted by atomic mass is 16.7. The molecule has 2 aromatic carbocycles. The minimum atomic E-state index is -1.21. The quantitative estimate of drug-likeness (QED) is 0.111. The second-order valence-corrected chi connectivity index (χ2v) is 21.1. The lowest BCUT2D eigenvalue weighted by Crippen LogP contribution is -2.62. The van der Waals surface area contributed by atoms with Gasteiger partial charge in [0.1, 0.15) is 23.3 Å². The molecule has 2 saturated heterocycles. The van der Waals surface area contributed by atoms with Gasteiger partial charge >= 0.3 is 30.1 Å². The third-order valence-electron chi connectivity index (χ3n) is 10.2. The number of amides is 3. The number of carboxylic acid groups (broad SMARTS) is 1. The molecule has 0 aromatic heterocycles. The smallest absolute Gasteiger partial charge is 0.408 e. The number of carbonyl (C=O) groups excluding carboxylic acids is 5. The van der Waals surface area contributed by atoms with Crippen molar-refractivity contribution < 1.29 is 71.8 Å². The van der Waals surface area contributed by atoms with E-state index in [1.165, 1.54) is 26.4 Å². The van der Waals surface area contributed by atoms with Gasteiger partial charge in [-0.3, -0.25) is 9.59 Å². The Balaban J connectivity index is 0.000000426. The zero-order valence-electron chi connectivity index (χ0n) is 46.0. The van der Waals surface area contributed by atoms with Crippen LogP contribution in [0.1, 0.15) is 129 Å². The van der Waals surface area contributed by atoms with E-state index in [1.54, 1.807) is 106 Å². The molecule has 2 aliphatic heterocycles. The largest absolute Gasteiger partial charge is 0.478 e. The predicted octanol–water partition coefficient (Wildman–Crippen LogP) is 5.94. The van der Waals surface area contributed by atoms with E-state index in [1.807, 2.05) is 27.7 Å². The fraction of sp³-hybridized carbons (Fsp3) is 0.536. The third kappa shape index (κ3) is 24.7. The minimum Gasteiger partial charge on any atom is -0.478 e. The number of alkyl carbamates (subject to hydrolysis) is 2. The standard InChI is InChI=1S/C28H36N2O7.C17H16O4.C11H22N2O4/c1-26(2,3)37-25(33)30-27(4,5)22(24(32)34-8)29-23(31)21-15-13-19(14-16-21)11-9-10-12-20-17-35-28(6,7)36-18-20;1-17(2)20-11-14(12-21-17)6-4-3-5-13-7-9-15(10-8-13)16(18)19;1-10(2,3)17-9(15)13-11(4,5)7(12)8(14)16-6/h13-16,20,22H,17-18H2,1-8H3,(H,29,31)(H,30,33);7-10,14H,11-12H2,1-2H3,(H,18,19);7H,12H2,1-6H3,(H,13,15)/t22-;;7-/m1.1/s1. The first-order valence-corrected chi connectivity index (χ1v) is 23.8. The summed E-state index contributed by atoms with van der Waals surface area (Å²) in [5, 5.41) is 16.6. The topological polar surface area (TPSA) is 259 Å². The van der Waals surface area contributed by atoms with E-state index >= 15 is 0 Å². The van der Waals surface area contributed by atoms with Gasteiger partial charge in [0.05, 0.1) is 69.1 Å². The van der Waals surface area contributed by atoms with E-state index in [-0.39, 0.29) is 17.4 Å². The third-order valence-corrected chi connectivity index (χ3v) is 10.2. The van der Waals surface area contributed by atoms with Crippen molar-refractivity contribution in [2.45, 2.75) is 143 Å². The Kier molecular flexibility index (Phi) is 23.9. The van der Waals surface area contributed by atoms with Gasteiger partial charge in [-0.05, 0) is 169 Å². The first-order chi connectivity index (χ1) is 34.6. The molecule has 2 fully saturated rings. The molecule has 2 atom stereocenters. The monoisotopic (exact) mass is 1040 g/mol. The molecular formula is C56H74N4O15. The fourth-order valence-corrected chi connectivity index (χ4v) is 6.01. The van der Waals surface area contributed by atoms with Crippen LogP contribution < -0.4 is 21.7 Å². The SMILES string of the molecule is CC1(C)OCC(C#CC#Cc2ccc(C(=O)O)cc2)CO1.COC(=O)[C@@H](N)C(C)(C)NC(=O)OC(C)(C)C.COC(=O)[C@@H](NC(=O)c1ccc(C#CC#CC2COC(C)(C)OC2)cc1)C(C)(C)NC(=O)OC(C)(C)C. The number of aromatic carboxylic acids is 1. The summed E-state index contributed by atoms with van der Waals surface area (Å²) >= 11 is 0. The lowest BCUT2D eigenvalue weighted by Gasteiger charge is -2.34. The summed E-state index contributed by atoms with van der Waals surface area (Å²) in [5.41, 5.74) is 4.13. The maximum absolute atomic E-state index is 12.9. The van der Waals surface area contributed by atoms with Gasteiger partial charge in [0.25, 0.3) is 5.91 Å². The van der Waals surface area contributed by atoms with E-state index in [0.29, 0.717) is 37.6 Å². The molecule has 4 rings (SSSR count). The Morgan fingerprint density at radius 2 is 0.947 bits per heavy atom. The normalized spacial score (nSPS) is 15.9. The summed E-state index contributed by atoms with van der Waals surface area (Å²) in [6, 6.07) is 10.7. The van der Waals surface area contributed by atoms with Crippen LogP contribution in [0.2, 0.25) is 0 Å². The van der Waals surface area contributed by atoms with Crippen molar-refractivity contribution in [2.75, 3.05) is 40.6 Å². The molecule has 75 heavy (non-hydrogen) atoms. The molecule has 2 aliphatic rings. The number of nitrogens with one attached hydrogen (secondary N) is 3. The first-order valence-electron chi connectivity index (χ1n) is 23.8. The molecule has 19 nitrogen and oxygen atoms in total. The molecule has 0 saturated carbocycles. The van der Waals surface area contributed by atoms with E-state index < -0.39 is 81.9 Å². The molecule has 408 valence electrons. The van der Waals surface area contributed by atoms with Gasteiger partial charge < -0.3 is 64.7 Å². The second kappa shape index (κ2) is 28.0. The van der Waals surface area contributed by atoms with Gasteiger partial charge in [0.15, 0.2) is 11.6 Å². The van der Waals surface area contributed by atoms with Crippen LogP contribution in [0.25, 0.3) is 0 Å². The van der Waals surface area contributed by atoms with Crippen molar-refractivity contribution >= 4 is 36.0 Å². The molecule has 2 aromatic rings. The summed E-state index contributed by atoms with van der Waals surface area (Å²) in [6.45, 7) is 26.4. The van der Waals surface area contributed by atoms with E-state index in [9.17, 15) is 28.8 Å². The highest BCUT2D eigenvalue weighted by molar-refractivity contribution is 5.97. The average Bonchev–Trinajstić information content (AvgIpc) is 3.30. The van der Waals surface area contributed by atoms with Crippen molar-refractivity contribution in [1.29, 1.82) is 0 Å². The molecule has 0 bridgehead atoms. The molecule has 3 amide bonds. The average molecular weight is 1040 g/mol. The maximum atomic E-state index is 12.9. The van der Waals surface area contributed by atoms with Crippen molar-refractivity contribution in [2.24, 2.45) is 17.6 Å². The summed E-state index contributed by atoms with van der Waals surface area (Å²) in [4.78, 5) is 71.2. The van der Waals surface area contributed by atoms with Crippen LogP contribution in [0.3, 0.4) is 0 Å². The number of ether oxygens (including phenoxy) is 8. The number of benzene rings is 2. The molecule has 0 aliphatic carbocycles. The van der Waals surface area contributed by atoms with Gasteiger partial charge in [-0.25, -0.2) is 19.2 Å². The summed E-state index contributed by atoms with van der Waals surface area (Å²) < 4.78 is 41.9. The second-order valence-electron chi connectivity index (χ2n) is 21.1. The number of nitrogens with two attached hydrogens (primary N) is 1. The van der Waals surface area contributed by atoms with Crippen LogP contribution in [0.5, 0.6) is 0 Å². The summed E-state index contributed by atoms with van der Waals surface area (Å²) in [6.07, 6.45) is -1.35. The van der Waals surface area contributed by atoms with Crippen molar-refractivity contribution in [3.63, 3.8) is 0 Å². The number of hydrogen-bond acceptors (Lipinski definition) is 15. The Labute approximate surface area is 441 Å². The van der Waals surface area contributed by atoms with Crippen LogP contribution in [-0.4, -0.2) is 128 Å². The molecule has 6 N–H and O–H groups in total. The van der Waals surface area contributed by atoms with Gasteiger partial charge in [-0.1, -0.05) is 23.7 Å². The molecular weight excluding hydrogens is 969 g/mol. The lowest BCUT2D eigenvalue weighted by atomic mass is 9.94. The number of esters is 2. The van der Waals surface area contributed by atoms with Gasteiger partial charge in [-0.15, -0.1) is 0 Å². The summed E-state index contributed by atoms with van der Waals surface area (Å²) in [7, 11) is 2.45. The number of carboxylic acids is 1. The van der Waals surface area contributed by atoms with Crippen molar-refractivity contribution in [3.8, 4) is 47.4 Å². The van der Waals surface area contributed by atoms with Gasteiger partial charge in [-0.2, -0.15) is 0 Å². The predicted molar refractivity (Wildman–Crippen MR) is 278 cm³/mol. The fourth-order valence-electron chi connectivity index (χ4n) is 6.01. The van der Waals surface area contributed by atoms with E-state index in [4.69, 9.17) is 44.0 Å². The highest BCUT2D eigenvalue weighted by Gasteiger charge is 2.40. The minimum absolute atomic E-state index is 0.0294. The summed E-state index contributed by atoms with van der Waals surface area (Å²) in [5.74, 6) is 19.0. The molecule has 0 spiro atoms. The zero-order chi connectivity index (χ0) is 57.0. The van der Waals surface area contributed by atoms with E-state index in [0.717, 1.165) is 5.56 Å². The molecule has 0 radical (unpaired) electrons. The molecule has 0 unspecified atom stereocenters. The number of carbonyl (C=O) groups is 6. The number of methoxy groups -OCH3 is 2. The molecule has 2 heterocycles. The van der Waals surface area contributed by atoms with Crippen LogP contribution >= 0.6 is 0 Å². The van der Waals surface area contributed by atoms with Crippen molar-refractivity contribution in [1.82, 2.24) is 16.0 Å². The van der Waals surface area contributed by atoms with Crippen LogP contribution in [0, 0.1) is 59.2 Å². The highest BCUT2D eigenvalue weighted by Crippen LogP contribution is 2.21. The van der Waals surface area contributed by atoms with Crippen LogP contribution in [0.4, 0.5) is 9.59 Å². The van der Waals surface area contributed by atoms with Gasteiger partial charge in [0.2, 0.25) is 0 Å². The Bertz CT molecular complexity index is 2540. The Hall–Kier alpha value is -7.10. The molecule has 19 heteroatoms. The first kappa shape index (κ1) is 64.0. The lowest BCUT2D eigenvalue weighted by molar-refractivity contribution is -0.255. The van der Waals surface area contributed by atoms with Crippen LogP contribution in [0.15, 0.2) is 48.5 Å². The maximum Gasteiger partial charge on any atom is 0.408 e. The Morgan fingerprint density at radius 3 is 1.29 bits per heavy atom. The zero-order valence-corrected chi connectivity index (χ0v) is 46.0. The van der Waals surface area contributed by atoms with Crippen LogP contribution in [-0.2, 0) is 47.5 Å². The Morgan fingerprint density at radius 1 is 0.587 bits per heavy atom. The number of rotatable bonds is 9. The number of hydrogen-bond donors (Lipinski definition) is 5.